The molecule has 0 amide bonds. The highest BCUT2D eigenvalue weighted by atomic mass is 16.5. The van der Waals surface area contributed by atoms with Crippen LogP contribution in [0.25, 0.3) is 0 Å². The summed E-state index contributed by atoms with van der Waals surface area (Å²) in [5, 5.41) is 20.5. The quantitative estimate of drug-likeness (QED) is 0.852. The molecule has 27 heavy (non-hydrogen) atoms. The first-order chi connectivity index (χ1) is 13.3. The van der Waals surface area contributed by atoms with Gasteiger partial charge in [0.2, 0.25) is 0 Å². The van der Waals surface area contributed by atoms with Crippen LogP contribution in [-0.2, 0) is 11.3 Å². The Morgan fingerprint density at radius 2 is 2.19 bits per heavy atom. The maximum absolute atomic E-state index is 9.91. The summed E-state index contributed by atoms with van der Waals surface area (Å²) >= 11 is 0. The Kier molecular flexibility index (Phi) is 5.23. The van der Waals surface area contributed by atoms with Crippen molar-refractivity contribution in [2.45, 2.75) is 32.2 Å². The summed E-state index contributed by atoms with van der Waals surface area (Å²) in [7, 11) is 0. The van der Waals surface area contributed by atoms with Crippen molar-refractivity contribution >= 4 is 5.82 Å². The van der Waals surface area contributed by atoms with Gasteiger partial charge in [-0.05, 0) is 17.5 Å². The monoisotopic (exact) mass is 363 g/mol. The molecule has 2 N–H and O–H groups in total. The molecule has 1 atom stereocenters. The van der Waals surface area contributed by atoms with Gasteiger partial charge >= 0.3 is 0 Å². The van der Waals surface area contributed by atoms with E-state index in [0.717, 1.165) is 73.9 Å². The van der Waals surface area contributed by atoms with E-state index in [0.29, 0.717) is 0 Å². The summed E-state index contributed by atoms with van der Waals surface area (Å²) in [6.07, 6.45) is 3.67. The number of hydrogen-bond acceptors (Lipinski definition) is 5. The molecule has 2 aliphatic heterocycles. The van der Waals surface area contributed by atoms with E-state index < -0.39 is 0 Å². The van der Waals surface area contributed by atoms with E-state index in [1.165, 1.54) is 5.56 Å². The zero-order chi connectivity index (χ0) is 18.6. The number of morpholine rings is 1. The molecule has 2 aromatic rings. The van der Waals surface area contributed by atoms with Crippen molar-refractivity contribution in [1.82, 2.24) is 15.1 Å². The molecule has 1 aromatic carbocycles. The molecule has 2 aliphatic rings. The summed E-state index contributed by atoms with van der Waals surface area (Å²) in [5.74, 6) is 0.831. The van der Waals surface area contributed by atoms with E-state index in [4.69, 9.17) is 4.74 Å². The normalized spacial score (nSPS) is 20.1. The third kappa shape index (κ3) is 3.61. The smallest absolute Gasteiger partial charge is 0.129 e. The van der Waals surface area contributed by atoms with Crippen molar-refractivity contribution in [3.63, 3.8) is 0 Å². The van der Waals surface area contributed by atoms with E-state index in [9.17, 15) is 5.26 Å². The van der Waals surface area contributed by atoms with Gasteiger partial charge in [0.05, 0.1) is 37.0 Å². The number of allylic oxidation sites excluding steroid dienone is 2. The zero-order valence-electron chi connectivity index (χ0n) is 15.7. The van der Waals surface area contributed by atoms with Gasteiger partial charge < -0.3 is 10.1 Å². The van der Waals surface area contributed by atoms with Gasteiger partial charge in [0.25, 0.3) is 0 Å². The first-order valence-corrected chi connectivity index (χ1v) is 9.62. The maximum atomic E-state index is 9.91. The molecule has 1 fully saturated rings. The summed E-state index contributed by atoms with van der Waals surface area (Å²) < 4.78 is 5.45. The van der Waals surface area contributed by atoms with Crippen molar-refractivity contribution in [2.24, 2.45) is 0 Å². The molecular formula is C21H25N5O. The third-order valence-corrected chi connectivity index (χ3v) is 5.28. The Bertz CT molecular complexity index is 873. The molecule has 6 heteroatoms. The molecule has 0 bridgehead atoms. The van der Waals surface area contributed by atoms with Gasteiger partial charge in [-0.1, -0.05) is 37.6 Å². The molecule has 0 aliphatic carbocycles. The molecule has 140 valence electrons. The predicted molar refractivity (Wildman–Crippen MR) is 104 cm³/mol. The standard InChI is InChI=1S/C21H25N5O/c1-2-4-19-17(12-22)20(18-13-23-25-21(18)24-19)16-6-3-5-15(11-16)14-26-7-9-27-10-8-26/h3,5-6,11,13,20H,2,4,7-10,14H2,1H3,(H2,23,24,25). The van der Waals surface area contributed by atoms with Gasteiger partial charge in [0, 0.05) is 30.9 Å². The van der Waals surface area contributed by atoms with E-state index >= 15 is 0 Å². The second-order valence-corrected chi connectivity index (χ2v) is 7.15. The molecule has 0 radical (unpaired) electrons. The second-order valence-electron chi connectivity index (χ2n) is 7.15. The first kappa shape index (κ1) is 17.8. The number of nitrogens with one attached hydrogen (secondary N) is 2. The van der Waals surface area contributed by atoms with Crippen molar-refractivity contribution in [3.05, 3.63) is 58.4 Å². The van der Waals surface area contributed by atoms with Gasteiger partial charge in [0.1, 0.15) is 5.82 Å². The van der Waals surface area contributed by atoms with Crippen LogP contribution in [0.15, 0.2) is 41.7 Å². The first-order valence-electron chi connectivity index (χ1n) is 9.62. The molecular weight excluding hydrogens is 338 g/mol. The Labute approximate surface area is 159 Å². The van der Waals surface area contributed by atoms with Gasteiger partial charge in [-0.25, -0.2) is 0 Å². The minimum Gasteiger partial charge on any atom is -0.379 e. The number of aromatic amines is 1. The number of fused-ring (bicyclic) bond motifs is 1. The lowest BCUT2D eigenvalue weighted by Crippen LogP contribution is -2.35. The second kappa shape index (κ2) is 7.95. The van der Waals surface area contributed by atoms with Crippen LogP contribution in [0, 0.1) is 11.3 Å². The highest BCUT2D eigenvalue weighted by molar-refractivity contribution is 5.64. The van der Waals surface area contributed by atoms with Gasteiger partial charge in [-0.3, -0.25) is 10.00 Å². The number of aromatic nitrogens is 2. The zero-order valence-corrected chi connectivity index (χ0v) is 15.7. The number of nitrogens with zero attached hydrogens (tertiary/aromatic N) is 3. The minimum absolute atomic E-state index is 0.0730. The summed E-state index contributed by atoms with van der Waals surface area (Å²) in [5.41, 5.74) is 5.26. The van der Waals surface area contributed by atoms with E-state index in [1.807, 2.05) is 6.20 Å². The van der Waals surface area contributed by atoms with Crippen LogP contribution in [0.4, 0.5) is 5.82 Å². The van der Waals surface area contributed by atoms with Crippen LogP contribution in [0.1, 0.15) is 42.4 Å². The summed E-state index contributed by atoms with van der Waals surface area (Å²) in [4.78, 5) is 2.41. The lowest BCUT2D eigenvalue weighted by atomic mass is 9.82. The van der Waals surface area contributed by atoms with Crippen molar-refractivity contribution < 1.29 is 4.74 Å². The fourth-order valence-corrected chi connectivity index (χ4v) is 3.98. The average molecular weight is 363 g/mol. The van der Waals surface area contributed by atoms with Crippen molar-refractivity contribution in [3.8, 4) is 6.07 Å². The number of rotatable bonds is 5. The van der Waals surface area contributed by atoms with Gasteiger partial charge in [-0.2, -0.15) is 10.4 Å². The molecule has 6 nitrogen and oxygen atoms in total. The Morgan fingerprint density at radius 3 is 2.96 bits per heavy atom. The molecule has 1 saturated heterocycles. The highest BCUT2D eigenvalue weighted by Crippen LogP contribution is 2.41. The molecule has 1 aromatic heterocycles. The average Bonchev–Trinajstić information content (AvgIpc) is 3.16. The fraction of sp³-hybridized carbons (Fsp3) is 0.429. The van der Waals surface area contributed by atoms with E-state index in [1.54, 1.807) is 0 Å². The molecule has 4 rings (SSSR count). The lowest BCUT2D eigenvalue weighted by molar-refractivity contribution is 0.0342. The fourth-order valence-electron chi connectivity index (χ4n) is 3.98. The minimum atomic E-state index is -0.0730. The topological polar surface area (TPSA) is 77.0 Å². The number of ether oxygens (including phenoxy) is 1. The highest BCUT2D eigenvalue weighted by Gasteiger charge is 2.30. The molecule has 1 unspecified atom stereocenters. The SMILES string of the molecule is CCCC1=C(C#N)C(c2cccc(CN3CCOCC3)c2)c2cn[nH]c2N1. The number of benzene rings is 1. The van der Waals surface area contributed by atoms with Crippen LogP contribution in [0.2, 0.25) is 0 Å². The van der Waals surface area contributed by atoms with Crippen LogP contribution < -0.4 is 5.32 Å². The lowest BCUT2D eigenvalue weighted by Gasteiger charge is -2.28. The molecule has 3 heterocycles. The predicted octanol–water partition coefficient (Wildman–Crippen LogP) is 3.38. The van der Waals surface area contributed by atoms with Gasteiger partial charge in [0.15, 0.2) is 0 Å². The Hall–Kier alpha value is -2.62. The van der Waals surface area contributed by atoms with E-state index in [-0.39, 0.29) is 5.92 Å². The largest absolute Gasteiger partial charge is 0.379 e. The summed E-state index contributed by atoms with van der Waals surface area (Å²) in [6, 6.07) is 11.1. The van der Waals surface area contributed by atoms with Crippen molar-refractivity contribution in [1.29, 1.82) is 5.26 Å². The van der Waals surface area contributed by atoms with E-state index in [2.05, 4.69) is 57.7 Å². The molecule has 0 saturated carbocycles. The third-order valence-electron chi connectivity index (χ3n) is 5.28. The van der Waals surface area contributed by atoms with Gasteiger partial charge in [-0.15, -0.1) is 0 Å². The summed E-state index contributed by atoms with van der Waals surface area (Å²) in [6.45, 7) is 6.57. The number of H-pyrrole nitrogens is 1. The molecule has 0 spiro atoms. The number of nitriles is 1. The number of hydrogen-bond donors (Lipinski definition) is 2. The van der Waals surface area contributed by atoms with Crippen LogP contribution in [0.5, 0.6) is 0 Å². The maximum Gasteiger partial charge on any atom is 0.129 e. The number of anilines is 1. The van der Waals surface area contributed by atoms with Crippen LogP contribution in [0.3, 0.4) is 0 Å². The van der Waals surface area contributed by atoms with Crippen molar-refractivity contribution in [2.75, 3.05) is 31.6 Å². The Morgan fingerprint density at radius 1 is 1.33 bits per heavy atom. The Balaban J connectivity index is 1.68. The van der Waals surface area contributed by atoms with Crippen LogP contribution >= 0.6 is 0 Å². The van der Waals surface area contributed by atoms with Crippen LogP contribution in [-0.4, -0.2) is 41.4 Å².